The molecule has 0 bridgehead atoms. The zero-order valence-corrected chi connectivity index (χ0v) is 8.03. The second-order valence-corrected chi connectivity index (χ2v) is 3.23. The van der Waals surface area contributed by atoms with Crippen LogP contribution in [0.1, 0.15) is 32.6 Å². The first-order valence-electron chi connectivity index (χ1n) is 4.83. The molecule has 0 atom stereocenters. The van der Waals surface area contributed by atoms with Crippen molar-refractivity contribution < 1.29 is 9.53 Å². The van der Waals surface area contributed by atoms with E-state index in [1.807, 2.05) is 19.1 Å². The van der Waals surface area contributed by atoms with Gasteiger partial charge in [-0.2, -0.15) is 0 Å². The second kappa shape index (κ2) is 5.57. The van der Waals surface area contributed by atoms with Crippen molar-refractivity contribution >= 4 is 5.97 Å². The zero-order valence-electron chi connectivity index (χ0n) is 8.03. The molecule has 0 unspecified atom stereocenters. The lowest BCUT2D eigenvalue weighted by Crippen LogP contribution is -2.12. The van der Waals surface area contributed by atoms with Crippen molar-refractivity contribution in [1.82, 2.24) is 0 Å². The third-order valence-corrected chi connectivity index (χ3v) is 2.12. The summed E-state index contributed by atoms with van der Waals surface area (Å²) >= 11 is 0. The highest BCUT2D eigenvalue weighted by molar-refractivity contribution is 5.82. The standard InChI is InChI=1S/C11H16O2/c1-2-3-4-9-11(12)13-10-7-5-6-8-10/h2-4,9-10H,5-8H2,1H3/b3-2+,9-4+. The minimum Gasteiger partial charge on any atom is -0.459 e. The van der Waals surface area contributed by atoms with Gasteiger partial charge in [-0.25, -0.2) is 4.79 Å². The Bertz CT molecular complexity index is 210. The first-order valence-corrected chi connectivity index (χ1v) is 4.83. The molecule has 0 saturated heterocycles. The third-order valence-electron chi connectivity index (χ3n) is 2.12. The molecule has 2 heteroatoms. The SMILES string of the molecule is C/C=C/C=C/C(=O)OC1CCCC1. The molecule has 0 heterocycles. The van der Waals surface area contributed by atoms with Crippen molar-refractivity contribution in [2.75, 3.05) is 0 Å². The molecule has 1 fully saturated rings. The fraction of sp³-hybridized carbons (Fsp3) is 0.545. The third kappa shape index (κ3) is 3.92. The normalized spacial score (nSPS) is 18.8. The average molecular weight is 180 g/mol. The molecule has 0 radical (unpaired) electrons. The summed E-state index contributed by atoms with van der Waals surface area (Å²) in [4.78, 5) is 11.1. The van der Waals surface area contributed by atoms with E-state index < -0.39 is 0 Å². The Labute approximate surface area is 79.3 Å². The van der Waals surface area contributed by atoms with E-state index in [9.17, 15) is 4.79 Å². The van der Waals surface area contributed by atoms with Crippen LogP contribution in [0.4, 0.5) is 0 Å². The van der Waals surface area contributed by atoms with Crippen molar-refractivity contribution in [3.63, 3.8) is 0 Å². The number of allylic oxidation sites excluding steroid dienone is 3. The molecule has 1 aliphatic carbocycles. The number of carbonyl (C=O) groups excluding carboxylic acids is 1. The van der Waals surface area contributed by atoms with Crippen LogP contribution in [0.5, 0.6) is 0 Å². The molecule has 1 aliphatic rings. The van der Waals surface area contributed by atoms with Gasteiger partial charge in [-0.3, -0.25) is 0 Å². The highest BCUT2D eigenvalue weighted by atomic mass is 16.5. The number of hydrogen-bond donors (Lipinski definition) is 0. The van der Waals surface area contributed by atoms with Crippen LogP contribution in [-0.2, 0) is 9.53 Å². The molecule has 1 saturated carbocycles. The van der Waals surface area contributed by atoms with E-state index in [0.717, 1.165) is 12.8 Å². The minimum atomic E-state index is -0.218. The van der Waals surface area contributed by atoms with Crippen LogP contribution in [0, 0.1) is 0 Å². The number of hydrogen-bond acceptors (Lipinski definition) is 2. The Morgan fingerprint density at radius 1 is 1.31 bits per heavy atom. The summed E-state index contributed by atoms with van der Waals surface area (Å²) < 4.78 is 5.20. The lowest BCUT2D eigenvalue weighted by Gasteiger charge is -2.08. The topological polar surface area (TPSA) is 26.3 Å². The lowest BCUT2D eigenvalue weighted by molar-refractivity contribution is -0.142. The summed E-state index contributed by atoms with van der Waals surface area (Å²) in [5.41, 5.74) is 0. The van der Waals surface area contributed by atoms with Crippen molar-refractivity contribution in [3.05, 3.63) is 24.3 Å². The molecule has 0 aromatic carbocycles. The first-order chi connectivity index (χ1) is 6.33. The first kappa shape index (κ1) is 10.0. The van der Waals surface area contributed by atoms with Gasteiger partial charge in [-0.15, -0.1) is 0 Å². The van der Waals surface area contributed by atoms with Crippen molar-refractivity contribution in [3.8, 4) is 0 Å². The second-order valence-electron chi connectivity index (χ2n) is 3.23. The van der Waals surface area contributed by atoms with E-state index in [0.29, 0.717) is 0 Å². The van der Waals surface area contributed by atoms with E-state index in [1.165, 1.54) is 18.9 Å². The molecular weight excluding hydrogens is 164 g/mol. The maximum Gasteiger partial charge on any atom is 0.331 e. The van der Waals surface area contributed by atoms with Crippen LogP contribution in [0.15, 0.2) is 24.3 Å². The quantitative estimate of drug-likeness (QED) is 0.379. The summed E-state index contributed by atoms with van der Waals surface area (Å²) in [6, 6.07) is 0. The van der Waals surface area contributed by atoms with Gasteiger partial charge in [0.1, 0.15) is 6.10 Å². The van der Waals surface area contributed by atoms with E-state index >= 15 is 0 Å². The fourth-order valence-corrected chi connectivity index (χ4v) is 1.45. The molecule has 0 aromatic heterocycles. The zero-order chi connectivity index (χ0) is 9.52. The van der Waals surface area contributed by atoms with Gasteiger partial charge < -0.3 is 4.74 Å². The summed E-state index contributed by atoms with van der Waals surface area (Å²) in [5.74, 6) is -0.218. The summed E-state index contributed by atoms with van der Waals surface area (Å²) in [7, 11) is 0. The molecule has 0 N–H and O–H groups in total. The van der Waals surface area contributed by atoms with Gasteiger partial charge in [-0.05, 0) is 32.6 Å². The fourth-order valence-electron chi connectivity index (χ4n) is 1.45. The average Bonchev–Trinajstić information content (AvgIpc) is 2.57. The molecule has 0 aromatic rings. The maximum atomic E-state index is 11.1. The van der Waals surface area contributed by atoms with Crippen LogP contribution < -0.4 is 0 Å². The van der Waals surface area contributed by atoms with Crippen molar-refractivity contribution in [2.45, 2.75) is 38.7 Å². The molecule has 13 heavy (non-hydrogen) atoms. The highest BCUT2D eigenvalue weighted by Crippen LogP contribution is 2.20. The smallest absolute Gasteiger partial charge is 0.331 e. The molecule has 2 nitrogen and oxygen atoms in total. The van der Waals surface area contributed by atoms with Crippen molar-refractivity contribution in [1.29, 1.82) is 0 Å². The van der Waals surface area contributed by atoms with Crippen LogP contribution in [-0.4, -0.2) is 12.1 Å². The van der Waals surface area contributed by atoms with Gasteiger partial charge >= 0.3 is 5.97 Å². The Hall–Kier alpha value is -1.05. The predicted molar refractivity (Wildman–Crippen MR) is 52.3 cm³/mol. The maximum absolute atomic E-state index is 11.1. The van der Waals surface area contributed by atoms with Gasteiger partial charge in [-0.1, -0.05) is 18.2 Å². The van der Waals surface area contributed by atoms with Crippen LogP contribution in [0.25, 0.3) is 0 Å². The van der Waals surface area contributed by atoms with E-state index in [1.54, 1.807) is 6.08 Å². The van der Waals surface area contributed by atoms with E-state index in [4.69, 9.17) is 4.74 Å². The number of esters is 1. The number of ether oxygens (including phenoxy) is 1. The Balaban J connectivity index is 2.23. The molecule has 72 valence electrons. The Morgan fingerprint density at radius 3 is 2.62 bits per heavy atom. The highest BCUT2D eigenvalue weighted by Gasteiger charge is 2.17. The van der Waals surface area contributed by atoms with E-state index in [-0.39, 0.29) is 12.1 Å². The van der Waals surface area contributed by atoms with E-state index in [2.05, 4.69) is 0 Å². The minimum absolute atomic E-state index is 0.169. The van der Waals surface area contributed by atoms with Crippen LogP contribution >= 0.6 is 0 Å². The van der Waals surface area contributed by atoms with Gasteiger partial charge in [0.05, 0.1) is 0 Å². The van der Waals surface area contributed by atoms with Gasteiger partial charge in [0, 0.05) is 6.08 Å². The van der Waals surface area contributed by atoms with Gasteiger partial charge in [0.25, 0.3) is 0 Å². The lowest BCUT2D eigenvalue weighted by atomic mass is 10.3. The largest absolute Gasteiger partial charge is 0.459 e. The molecule has 0 spiro atoms. The van der Waals surface area contributed by atoms with Crippen LogP contribution in [0.3, 0.4) is 0 Å². The van der Waals surface area contributed by atoms with Crippen LogP contribution in [0.2, 0.25) is 0 Å². The molecule has 1 rings (SSSR count). The Kier molecular flexibility index (Phi) is 4.30. The summed E-state index contributed by atoms with van der Waals surface area (Å²) in [6.07, 6.45) is 11.5. The van der Waals surface area contributed by atoms with Crippen molar-refractivity contribution in [2.24, 2.45) is 0 Å². The molecule has 0 amide bonds. The molecule has 0 aliphatic heterocycles. The van der Waals surface area contributed by atoms with Gasteiger partial charge in [0.2, 0.25) is 0 Å². The number of carbonyl (C=O) groups is 1. The summed E-state index contributed by atoms with van der Waals surface area (Å²) in [5, 5.41) is 0. The number of rotatable bonds is 3. The van der Waals surface area contributed by atoms with Gasteiger partial charge in [0.15, 0.2) is 0 Å². The predicted octanol–water partition coefficient (Wildman–Crippen LogP) is 2.60. The summed E-state index contributed by atoms with van der Waals surface area (Å²) in [6.45, 7) is 1.91. The molecular formula is C11H16O2. The monoisotopic (exact) mass is 180 g/mol. The Morgan fingerprint density at radius 2 is 2.00 bits per heavy atom.